The van der Waals surface area contributed by atoms with Crippen molar-refractivity contribution in [3.05, 3.63) is 35.9 Å². The van der Waals surface area contributed by atoms with E-state index in [1.165, 1.54) is 0 Å². The second-order valence-electron chi connectivity index (χ2n) is 14.2. The Hall–Kier alpha value is -3.67. The van der Waals surface area contributed by atoms with Crippen LogP contribution in [0.2, 0.25) is 0 Å². The molecule has 1 aromatic carbocycles. The van der Waals surface area contributed by atoms with Gasteiger partial charge in [-0.2, -0.15) is 0 Å². The largest absolute Gasteiger partial charge is 0.461 e. The van der Waals surface area contributed by atoms with Gasteiger partial charge in [-0.25, -0.2) is 0 Å². The molecule has 57 heavy (non-hydrogen) atoms. The van der Waals surface area contributed by atoms with E-state index in [9.17, 15) is 24.0 Å². The summed E-state index contributed by atoms with van der Waals surface area (Å²) < 4.78 is 23.2. The van der Waals surface area contributed by atoms with Crippen molar-refractivity contribution in [2.75, 3.05) is 78.9 Å². The van der Waals surface area contributed by atoms with Crippen LogP contribution in [0.1, 0.15) is 108 Å². The van der Waals surface area contributed by atoms with Gasteiger partial charge >= 0.3 is 5.97 Å². The zero-order valence-electron chi connectivity index (χ0n) is 34.3. The SMILES string of the molecule is NCCCNC(=O)CCOCC(COCCC(=O)NCCCN)(COCCC(=O)NCCCN)NC(=O)CCCCCCCCCCC(=O)OCc1ccccc1. The maximum atomic E-state index is 13.4. The molecule has 0 radical (unpaired) electrons. The van der Waals surface area contributed by atoms with Crippen molar-refractivity contribution in [2.45, 2.75) is 115 Å². The first-order valence-corrected chi connectivity index (χ1v) is 20.9. The van der Waals surface area contributed by atoms with Crippen molar-refractivity contribution in [1.29, 1.82) is 0 Å². The minimum atomic E-state index is -1.15. The fourth-order valence-electron chi connectivity index (χ4n) is 5.57. The quantitative estimate of drug-likeness (QED) is 0.0375. The molecule has 0 heterocycles. The van der Waals surface area contributed by atoms with Crippen molar-refractivity contribution in [1.82, 2.24) is 21.3 Å². The normalized spacial score (nSPS) is 11.2. The van der Waals surface area contributed by atoms with Crippen LogP contribution < -0.4 is 38.5 Å². The molecule has 0 aromatic heterocycles. The van der Waals surface area contributed by atoms with Gasteiger partial charge in [0.1, 0.15) is 12.1 Å². The molecule has 0 spiro atoms. The molecule has 0 atom stereocenters. The van der Waals surface area contributed by atoms with Gasteiger partial charge in [-0.05, 0) is 57.3 Å². The number of nitrogens with two attached hydrogens (primary N) is 3. The smallest absolute Gasteiger partial charge is 0.306 e. The van der Waals surface area contributed by atoms with Gasteiger partial charge in [0, 0.05) is 51.7 Å². The van der Waals surface area contributed by atoms with Crippen LogP contribution in [0.15, 0.2) is 30.3 Å². The summed E-state index contributed by atoms with van der Waals surface area (Å²) in [6.45, 7) is 3.37. The lowest BCUT2D eigenvalue weighted by atomic mass is 10.0. The summed E-state index contributed by atoms with van der Waals surface area (Å²) in [5, 5.41) is 11.5. The lowest BCUT2D eigenvalue weighted by Gasteiger charge is -2.34. The highest BCUT2D eigenvalue weighted by Gasteiger charge is 2.34. The van der Waals surface area contributed by atoms with E-state index >= 15 is 0 Å². The molecule has 16 nitrogen and oxygen atoms in total. The number of carbonyl (C=O) groups is 5. The van der Waals surface area contributed by atoms with Gasteiger partial charge in [0.15, 0.2) is 0 Å². The van der Waals surface area contributed by atoms with Crippen LogP contribution >= 0.6 is 0 Å². The van der Waals surface area contributed by atoms with E-state index < -0.39 is 5.54 Å². The molecule has 0 saturated heterocycles. The van der Waals surface area contributed by atoms with E-state index in [2.05, 4.69) is 21.3 Å². The number of hydrogen-bond acceptors (Lipinski definition) is 12. The number of nitrogens with one attached hydrogen (secondary N) is 4. The first-order chi connectivity index (χ1) is 27.7. The Bertz CT molecular complexity index is 1140. The summed E-state index contributed by atoms with van der Waals surface area (Å²) in [7, 11) is 0. The molecule has 4 amide bonds. The highest BCUT2D eigenvalue weighted by atomic mass is 16.5. The minimum Gasteiger partial charge on any atom is -0.461 e. The number of unbranched alkanes of at least 4 members (excludes halogenated alkanes) is 7. The Morgan fingerprint density at radius 2 is 0.895 bits per heavy atom. The predicted octanol–water partition coefficient (Wildman–Crippen LogP) is 2.10. The second kappa shape index (κ2) is 35.5. The highest BCUT2D eigenvalue weighted by Crippen LogP contribution is 2.14. The molecule has 0 bridgehead atoms. The van der Waals surface area contributed by atoms with Crippen molar-refractivity contribution in [2.24, 2.45) is 17.2 Å². The molecule has 1 aromatic rings. The first-order valence-electron chi connectivity index (χ1n) is 20.9. The molecule has 0 fully saturated rings. The van der Waals surface area contributed by atoms with Crippen molar-refractivity contribution < 1.29 is 42.9 Å². The topological polar surface area (TPSA) is 248 Å². The lowest BCUT2D eigenvalue weighted by Crippen LogP contribution is -2.58. The van der Waals surface area contributed by atoms with E-state index in [4.69, 9.17) is 36.1 Å². The minimum absolute atomic E-state index is 0.0229. The van der Waals surface area contributed by atoms with Crippen molar-refractivity contribution in [3.8, 4) is 0 Å². The molecule has 326 valence electrons. The monoisotopic (exact) mass is 808 g/mol. The first kappa shape index (κ1) is 51.3. The van der Waals surface area contributed by atoms with Gasteiger partial charge in [0.2, 0.25) is 23.6 Å². The zero-order valence-corrected chi connectivity index (χ0v) is 34.3. The molecule has 0 aliphatic rings. The third-order valence-corrected chi connectivity index (χ3v) is 8.85. The maximum Gasteiger partial charge on any atom is 0.306 e. The third-order valence-electron chi connectivity index (χ3n) is 8.85. The molecule has 10 N–H and O–H groups in total. The van der Waals surface area contributed by atoms with Crippen molar-refractivity contribution in [3.63, 3.8) is 0 Å². The van der Waals surface area contributed by atoms with E-state index in [1.807, 2.05) is 30.3 Å². The van der Waals surface area contributed by atoms with Crippen molar-refractivity contribution >= 4 is 29.6 Å². The molecule has 0 aliphatic heterocycles. The number of ether oxygens (including phenoxy) is 4. The Morgan fingerprint density at radius 3 is 1.32 bits per heavy atom. The number of benzene rings is 1. The summed E-state index contributed by atoms with van der Waals surface area (Å²) in [6, 6.07) is 9.64. The van der Waals surface area contributed by atoms with Gasteiger partial charge in [0.05, 0.1) is 39.6 Å². The number of rotatable bonds is 38. The van der Waals surface area contributed by atoms with Gasteiger partial charge in [-0.3, -0.25) is 24.0 Å². The number of carbonyl (C=O) groups excluding carboxylic acids is 5. The van der Waals surface area contributed by atoms with E-state index in [1.54, 1.807) is 0 Å². The van der Waals surface area contributed by atoms with Gasteiger partial charge < -0.3 is 57.4 Å². The zero-order chi connectivity index (χ0) is 41.7. The summed E-state index contributed by atoms with van der Waals surface area (Å²) in [4.78, 5) is 62.1. The van der Waals surface area contributed by atoms with Crippen LogP contribution in [-0.4, -0.2) is 114 Å². The van der Waals surface area contributed by atoms with Crippen LogP contribution in [-0.2, 0) is 49.5 Å². The van der Waals surface area contributed by atoms with Crippen LogP contribution in [0.25, 0.3) is 0 Å². The van der Waals surface area contributed by atoms with Gasteiger partial charge in [-0.15, -0.1) is 0 Å². The second-order valence-corrected chi connectivity index (χ2v) is 14.2. The third kappa shape index (κ3) is 30.1. The Balaban J connectivity index is 2.65. The molecule has 0 saturated carbocycles. The number of hydrogen-bond donors (Lipinski definition) is 7. The molecular weight excluding hydrogens is 734 g/mol. The molecule has 16 heteroatoms. The Morgan fingerprint density at radius 1 is 0.491 bits per heavy atom. The standard InChI is InChI=1S/C41H73N7O9/c42-22-12-25-45-36(49)19-28-54-32-41(33-55-29-20-37(50)46-26-13-23-43,34-56-30-21-38(51)47-27-14-24-44)48-39(52)17-10-5-3-1-2-4-6-11-18-40(53)57-31-35-15-8-7-9-16-35/h7-9,15-16H,1-6,10-14,17-34,42-44H2,(H,45,49)(H,46,50)(H,47,51)(H,48,52). The van der Waals surface area contributed by atoms with E-state index in [0.29, 0.717) is 78.0 Å². The van der Waals surface area contributed by atoms with Crippen LogP contribution in [0.3, 0.4) is 0 Å². The van der Waals surface area contributed by atoms with Crippen LogP contribution in [0.4, 0.5) is 0 Å². The average molecular weight is 808 g/mol. The molecular formula is C41H73N7O9. The summed E-state index contributed by atoms with van der Waals surface area (Å²) >= 11 is 0. The maximum absolute atomic E-state index is 13.4. The van der Waals surface area contributed by atoms with Crippen LogP contribution in [0.5, 0.6) is 0 Å². The summed E-state index contributed by atoms with van der Waals surface area (Å²) in [5.74, 6) is -0.901. The fraction of sp³-hybridized carbons (Fsp3) is 0.732. The number of amides is 4. The van der Waals surface area contributed by atoms with Gasteiger partial charge in [-0.1, -0.05) is 68.9 Å². The fourth-order valence-corrected chi connectivity index (χ4v) is 5.57. The van der Waals surface area contributed by atoms with Gasteiger partial charge in [0.25, 0.3) is 0 Å². The average Bonchev–Trinajstić information content (AvgIpc) is 3.20. The Labute approximate surface area is 340 Å². The van der Waals surface area contributed by atoms with E-state index in [-0.39, 0.29) is 94.9 Å². The highest BCUT2D eigenvalue weighted by molar-refractivity contribution is 5.77. The molecule has 0 aliphatic carbocycles. The Kier molecular flexibility index (Phi) is 32.0. The van der Waals surface area contributed by atoms with E-state index in [0.717, 1.165) is 50.5 Å². The summed E-state index contributed by atoms with van der Waals surface area (Å²) in [5.41, 5.74) is 16.4. The molecule has 0 unspecified atom stereocenters. The molecule has 1 rings (SSSR count). The predicted molar refractivity (Wildman–Crippen MR) is 220 cm³/mol. The lowest BCUT2D eigenvalue weighted by molar-refractivity contribution is -0.145. The number of esters is 1. The summed E-state index contributed by atoms with van der Waals surface area (Å²) in [6.07, 6.45) is 10.5. The van der Waals surface area contributed by atoms with Crippen LogP contribution in [0, 0.1) is 0 Å².